The summed E-state index contributed by atoms with van der Waals surface area (Å²) in [6.45, 7) is 0.164. The Balaban J connectivity index is 2.18. The van der Waals surface area contributed by atoms with Crippen LogP contribution in [-0.4, -0.2) is 4.98 Å². The highest BCUT2D eigenvalue weighted by Gasteiger charge is 2.09. The van der Waals surface area contributed by atoms with Crippen molar-refractivity contribution in [3.8, 4) is 11.8 Å². The van der Waals surface area contributed by atoms with Crippen LogP contribution in [0, 0.1) is 20.7 Å². The van der Waals surface area contributed by atoms with E-state index in [1.165, 1.54) is 12.3 Å². The highest BCUT2D eigenvalue weighted by molar-refractivity contribution is 14.1. The maximum atomic E-state index is 13.0. The van der Waals surface area contributed by atoms with Gasteiger partial charge in [0.2, 0.25) is 0 Å². The third kappa shape index (κ3) is 3.32. The molecule has 0 saturated heterocycles. The van der Waals surface area contributed by atoms with Gasteiger partial charge in [-0.15, -0.1) is 0 Å². The van der Waals surface area contributed by atoms with Gasteiger partial charge in [-0.05, 0) is 40.8 Å². The summed E-state index contributed by atoms with van der Waals surface area (Å²) < 4.78 is 19.3. The molecule has 0 saturated carbocycles. The van der Waals surface area contributed by atoms with E-state index >= 15 is 0 Å². The molecule has 1 aromatic carbocycles. The summed E-state index contributed by atoms with van der Waals surface area (Å²) in [5.74, 6) is 0.0764. The Kier molecular flexibility index (Phi) is 4.16. The Morgan fingerprint density at radius 2 is 2.16 bits per heavy atom. The van der Waals surface area contributed by atoms with Crippen molar-refractivity contribution in [2.24, 2.45) is 0 Å². The van der Waals surface area contributed by atoms with E-state index in [-0.39, 0.29) is 6.61 Å². The first-order valence-corrected chi connectivity index (χ1v) is 6.39. The largest absolute Gasteiger partial charge is 0.486 e. The molecule has 0 aliphatic rings. The number of nitriles is 1. The van der Waals surface area contributed by atoms with Gasteiger partial charge in [-0.1, -0.05) is 0 Å². The summed E-state index contributed by atoms with van der Waals surface area (Å²) in [6, 6.07) is 6.58. The minimum Gasteiger partial charge on any atom is -0.486 e. The molecule has 1 heterocycles. The second-order valence-electron chi connectivity index (χ2n) is 3.79. The van der Waals surface area contributed by atoms with Gasteiger partial charge >= 0.3 is 0 Å². The number of nitrogen functional groups attached to an aromatic ring is 1. The van der Waals surface area contributed by atoms with E-state index in [0.717, 1.165) is 9.77 Å². The number of rotatable bonds is 3. The lowest BCUT2D eigenvalue weighted by molar-refractivity contribution is 0.304. The van der Waals surface area contributed by atoms with Crippen LogP contribution in [0.2, 0.25) is 0 Å². The van der Waals surface area contributed by atoms with Gasteiger partial charge in [-0.2, -0.15) is 5.26 Å². The molecule has 0 radical (unpaired) electrons. The maximum Gasteiger partial charge on any atom is 0.156 e. The van der Waals surface area contributed by atoms with E-state index in [1.54, 1.807) is 12.1 Å². The second kappa shape index (κ2) is 5.84. The molecule has 0 unspecified atom stereocenters. The standard InChI is InChI=1S/C13H9FIN3O/c14-10-1-9(5-18-6-10)7-19-13-11(15)2-8(4-16)3-12(13)17/h1-3,5-6H,7,17H2. The number of pyridine rings is 1. The monoisotopic (exact) mass is 369 g/mol. The van der Waals surface area contributed by atoms with Crippen LogP contribution in [0.5, 0.6) is 5.75 Å². The van der Waals surface area contributed by atoms with Crippen molar-refractivity contribution in [1.82, 2.24) is 4.98 Å². The average Bonchev–Trinajstić information content (AvgIpc) is 2.37. The first-order chi connectivity index (χ1) is 9.10. The quantitative estimate of drug-likeness (QED) is 0.667. The molecule has 2 aromatic rings. The number of hydrogen-bond donors (Lipinski definition) is 1. The number of ether oxygens (including phenoxy) is 1. The number of benzene rings is 1. The van der Waals surface area contributed by atoms with E-state index in [4.69, 9.17) is 15.7 Å². The summed E-state index contributed by atoms with van der Waals surface area (Å²) in [5.41, 5.74) is 7.29. The predicted octanol–water partition coefficient (Wildman–Crippen LogP) is 2.86. The smallest absolute Gasteiger partial charge is 0.156 e. The van der Waals surface area contributed by atoms with Crippen molar-refractivity contribution in [2.45, 2.75) is 6.61 Å². The highest BCUT2D eigenvalue weighted by Crippen LogP contribution is 2.30. The summed E-state index contributed by atoms with van der Waals surface area (Å²) in [7, 11) is 0. The molecule has 6 heteroatoms. The molecule has 0 spiro atoms. The summed E-state index contributed by atoms with van der Waals surface area (Å²) in [5, 5.41) is 8.82. The Morgan fingerprint density at radius 3 is 2.79 bits per heavy atom. The fourth-order valence-electron chi connectivity index (χ4n) is 1.52. The molecule has 19 heavy (non-hydrogen) atoms. The van der Waals surface area contributed by atoms with Crippen molar-refractivity contribution in [3.05, 3.63) is 51.1 Å². The van der Waals surface area contributed by atoms with Gasteiger partial charge in [0, 0.05) is 11.8 Å². The van der Waals surface area contributed by atoms with Crippen LogP contribution in [0.4, 0.5) is 10.1 Å². The predicted molar refractivity (Wildman–Crippen MR) is 76.8 cm³/mol. The van der Waals surface area contributed by atoms with Crippen molar-refractivity contribution in [1.29, 1.82) is 5.26 Å². The average molecular weight is 369 g/mol. The molecule has 2 rings (SSSR count). The van der Waals surface area contributed by atoms with Gasteiger partial charge in [-0.3, -0.25) is 4.98 Å². The molecule has 2 N–H and O–H groups in total. The van der Waals surface area contributed by atoms with Crippen molar-refractivity contribution in [3.63, 3.8) is 0 Å². The molecule has 0 fully saturated rings. The molecule has 0 aliphatic carbocycles. The van der Waals surface area contributed by atoms with Crippen molar-refractivity contribution in [2.75, 3.05) is 5.73 Å². The van der Waals surface area contributed by atoms with Crippen LogP contribution < -0.4 is 10.5 Å². The van der Waals surface area contributed by atoms with Gasteiger partial charge in [0.05, 0.1) is 27.1 Å². The Morgan fingerprint density at radius 1 is 1.37 bits per heavy atom. The summed E-state index contributed by atoms with van der Waals surface area (Å²) >= 11 is 2.04. The topological polar surface area (TPSA) is 71.9 Å². The molecule has 4 nitrogen and oxygen atoms in total. The van der Waals surface area contributed by atoms with Crippen LogP contribution in [0.25, 0.3) is 0 Å². The molecular formula is C13H9FIN3O. The molecule has 0 aliphatic heterocycles. The Labute approximate surface area is 123 Å². The Hall–Kier alpha value is -1.88. The highest BCUT2D eigenvalue weighted by atomic mass is 127. The zero-order valence-electron chi connectivity index (χ0n) is 9.73. The van der Waals surface area contributed by atoms with Crippen molar-refractivity contribution < 1.29 is 9.13 Å². The van der Waals surface area contributed by atoms with Crippen LogP contribution in [-0.2, 0) is 6.61 Å². The number of anilines is 1. The van der Waals surface area contributed by atoms with Gasteiger partial charge in [0.25, 0.3) is 0 Å². The van der Waals surface area contributed by atoms with Gasteiger partial charge in [0.15, 0.2) is 5.75 Å². The number of nitrogens with two attached hydrogens (primary N) is 1. The number of nitrogens with zero attached hydrogens (tertiary/aromatic N) is 2. The normalized spacial score (nSPS) is 9.95. The summed E-state index contributed by atoms with van der Waals surface area (Å²) in [4.78, 5) is 3.74. The van der Waals surface area contributed by atoms with Crippen LogP contribution in [0.1, 0.15) is 11.1 Å². The number of hydrogen-bond acceptors (Lipinski definition) is 4. The van der Waals surface area contributed by atoms with Gasteiger partial charge in [0.1, 0.15) is 12.4 Å². The summed E-state index contributed by atoms with van der Waals surface area (Å²) in [6.07, 6.45) is 2.65. The van der Waals surface area contributed by atoms with Crippen LogP contribution in [0.15, 0.2) is 30.6 Å². The van der Waals surface area contributed by atoms with E-state index in [9.17, 15) is 4.39 Å². The van der Waals surface area contributed by atoms with E-state index in [1.807, 2.05) is 28.7 Å². The molecular weight excluding hydrogens is 360 g/mol. The lowest BCUT2D eigenvalue weighted by Gasteiger charge is -2.11. The van der Waals surface area contributed by atoms with Gasteiger partial charge in [-0.25, -0.2) is 4.39 Å². The lowest BCUT2D eigenvalue weighted by Crippen LogP contribution is -2.02. The minimum atomic E-state index is -0.413. The number of halogens is 2. The number of aromatic nitrogens is 1. The fraction of sp³-hybridized carbons (Fsp3) is 0.0769. The molecule has 96 valence electrons. The molecule has 0 bridgehead atoms. The van der Waals surface area contributed by atoms with Gasteiger partial charge < -0.3 is 10.5 Å². The second-order valence-corrected chi connectivity index (χ2v) is 4.95. The Bertz CT molecular complexity index is 632. The first-order valence-electron chi connectivity index (χ1n) is 5.31. The van der Waals surface area contributed by atoms with E-state index in [2.05, 4.69) is 4.98 Å². The maximum absolute atomic E-state index is 13.0. The third-order valence-electron chi connectivity index (χ3n) is 2.35. The zero-order valence-corrected chi connectivity index (χ0v) is 11.9. The molecule has 0 amide bonds. The SMILES string of the molecule is N#Cc1cc(N)c(OCc2cncc(F)c2)c(I)c1. The van der Waals surface area contributed by atoms with Crippen LogP contribution >= 0.6 is 22.6 Å². The fourth-order valence-corrected chi connectivity index (χ4v) is 2.32. The van der Waals surface area contributed by atoms with Crippen molar-refractivity contribution >= 4 is 28.3 Å². The zero-order chi connectivity index (χ0) is 13.8. The molecule has 0 atom stereocenters. The third-order valence-corrected chi connectivity index (χ3v) is 3.15. The molecule has 1 aromatic heterocycles. The van der Waals surface area contributed by atoms with E-state index in [0.29, 0.717) is 22.6 Å². The lowest BCUT2D eigenvalue weighted by atomic mass is 10.2. The minimum absolute atomic E-state index is 0.164. The first kappa shape index (κ1) is 13.5. The van der Waals surface area contributed by atoms with Crippen LogP contribution in [0.3, 0.4) is 0 Å². The van der Waals surface area contributed by atoms with E-state index < -0.39 is 5.82 Å².